The number of anilines is 1. The van der Waals surface area contributed by atoms with Gasteiger partial charge in [0.1, 0.15) is 11.3 Å². The molecule has 0 aliphatic heterocycles. The minimum Gasteiger partial charge on any atom is -0.497 e. The lowest BCUT2D eigenvalue weighted by Gasteiger charge is -2.17. The molecule has 0 unspecified atom stereocenters. The summed E-state index contributed by atoms with van der Waals surface area (Å²) in [6.07, 6.45) is 0.261. The van der Waals surface area contributed by atoms with Crippen LogP contribution in [0.25, 0.3) is 11.0 Å². The monoisotopic (exact) mass is 476 g/mol. The van der Waals surface area contributed by atoms with Crippen molar-refractivity contribution >= 4 is 51.7 Å². The average Bonchev–Trinajstić information content (AvgIpc) is 2.75. The van der Waals surface area contributed by atoms with Crippen LogP contribution in [-0.2, 0) is 16.0 Å². The second-order valence-corrected chi connectivity index (χ2v) is 8.10. The summed E-state index contributed by atoms with van der Waals surface area (Å²) < 4.78 is 10.6. The van der Waals surface area contributed by atoms with E-state index in [0.717, 1.165) is 10.9 Å². The lowest BCUT2D eigenvalue weighted by molar-refractivity contribution is -0.133. The number of likely N-dealkylation sites (N-methyl/N-ethyl adjacent to an activating group) is 1. The molecular weight excluding hydrogens is 455 g/mol. The van der Waals surface area contributed by atoms with Gasteiger partial charge in [0.25, 0.3) is 0 Å². The predicted molar refractivity (Wildman–Crippen MR) is 125 cm³/mol. The van der Waals surface area contributed by atoms with Crippen LogP contribution in [0.4, 0.5) is 5.69 Å². The van der Waals surface area contributed by atoms with Crippen molar-refractivity contribution in [2.45, 2.75) is 19.8 Å². The highest BCUT2D eigenvalue weighted by Gasteiger charge is 2.17. The molecule has 0 aliphatic rings. The number of rotatable bonds is 7. The fourth-order valence-electron chi connectivity index (χ4n) is 3.29. The van der Waals surface area contributed by atoms with E-state index in [1.165, 1.54) is 25.1 Å². The van der Waals surface area contributed by atoms with Crippen LogP contribution in [0.2, 0.25) is 10.0 Å². The molecule has 9 heteroatoms. The molecule has 3 rings (SSSR count). The maximum Gasteiger partial charge on any atom is 0.339 e. The van der Waals surface area contributed by atoms with Gasteiger partial charge in [0.15, 0.2) is 0 Å². The summed E-state index contributed by atoms with van der Waals surface area (Å²) in [5.41, 5.74) is 1.61. The molecule has 0 atom stereocenters. The largest absolute Gasteiger partial charge is 0.497 e. The number of hydrogen-bond donors (Lipinski definition) is 1. The third-order valence-corrected chi connectivity index (χ3v) is 5.83. The summed E-state index contributed by atoms with van der Waals surface area (Å²) in [5.74, 6) is -0.0683. The van der Waals surface area contributed by atoms with Crippen molar-refractivity contribution in [3.63, 3.8) is 0 Å². The van der Waals surface area contributed by atoms with E-state index in [2.05, 4.69) is 5.32 Å². The standard InChI is InChI=1S/C23H22Cl2N2O5/c1-13-16-6-5-15(31-3)11-20(16)32-23(30)17(13)7-9-22(29)27(2)12-21(28)26-14-4-8-18(24)19(25)10-14/h4-6,8,10-11H,7,9,12H2,1-3H3,(H,26,28). The normalized spacial score (nSPS) is 10.8. The SMILES string of the molecule is COc1ccc2c(C)c(CCC(=O)N(C)CC(=O)Nc3ccc(Cl)c(Cl)c3)c(=O)oc2c1. The summed E-state index contributed by atoms with van der Waals surface area (Å²) in [6, 6.07) is 9.97. The zero-order valence-electron chi connectivity index (χ0n) is 17.8. The van der Waals surface area contributed by atoms with E-state index in [1.54, 1.807) is 24.3 Å². The van der Waals surface area contributed by atoms with Crippen molar-refractivity contribution < 1.29 is 18.7 Å². The Morgan fingerprint density at radius 2 is 1.88 bits per heavy atom. The number of ether oxygens (including phenoxy) is 1. The Hall–Kier alpha value is -3.03. The van der Waals surface area contributed by atoms with E-state index in [4.69, 9.17) is 32.4 Å². The summed E-state index contributed by atoms with van der Waals surface area (Å²) in [4.78, 5) is 38.5. The lowest BCUT2D eigenvalue weighted by Crippen LogP contribution is -2.35. The van der Waals surface area contributed by atoms with Gasteiger partial charge >= 0.3 is 5.63 Å². The second kappa shape index (κ2) is 10.1. The Morgan fingerprint density at radius 1 is 1.12 bits per heavy atom. The number of benzene rings is 2. The third-order valence-electron chi connectivity index (χ3n) is 5.09. The number of fused-ring (bicyclic) bond motifs is 1. The molecule has 7 nitrogen and oxygen atoms in total. The minimum absolute atomic E-state index is 0.0593. The van der Waals surface area contributed by atoms with Crippen LogP contribution >= 0.6 is 23.2 Å². The van der Waals surface area contributed by atoms with Gasteiger partial charge < -0.3 is 19.4 Å². The smallest absolute Gasteiger partial charge is 0.339 e. The molecule has 168 valence electrons. The maximum absolute atomic E-state index is 12.5. The van der Waals surface area contributed by atoms with Crippen molar-refractivity contribution in [2.75, 3.05) is 26.0 Å². The molecule has 0 spiro atoms. The van der Waals surface area contributed by atoms with Crippen molar-refractivity contribution in [2.24, 2.45) is 0 Å². The van der Waals surface area contributed by atoms with E-state index in [-0.39, 0.29) is 31.2 Å². The van der Waals surface area contributed by atoms with Crippen LogP contribution in [-0.4, -0.2) is 37.4 Å². The minimum atomic E-state index is -0.490. The molecule has 1 aromatic heterocycles. The van der Waals surface area contributed by atoms with Crippen molar-refractivity contribution in [3.05, 3.63) is 68.0 Å². The lowest BCUT2D eigenvalue weighted by atomic mass is 10.0. The number of amides is 2. The molecule has 0 bridgehead atoms. The van der Waals surface area contributed by atoms with E-state index in [0.29, 0.717) is 32.6 Å². The van der Waals surface area contributed by atoms with Crippen LogP contribution < -0.4 is 15.7 Å². The molecule has 0 fully saturated rings. The summed E-state index contributed by atoms with van der Waals surface area (Å²) in [6.45, 7) is 1.67. The first kappa shape index (κ1) is 23.6. The molecule has 1 heterocycles. The first-order valence-corrected chi connectivity index (χ1v) is 10.5. The maximum atomic E-state index is 12.5. The molecule has 0 saturated heterocycles. The van der Waals surface area contributed by atoms with E-state index in [1.807, 2.05) is 13.0 Å². The Morgan fingerprint density at radius 3 is 2.56 bits per heavy atom. The summed E-state index contributed by atoms with van der Waals surface area (Å²) in [7, 11) is 3.06. The molecule has 2 aromatic carbocycles. The Balaban J connectivity index is 1.63. The van der Waals surface area contributed by atoms with Gasteiger partial charge in [0.2, 0.25) is 11.8 Å². The number of aryl methyl sites for hydroxylation is 1. The molecule has 0 radical (unpaired) electrons. The van der Waals surface area contributed by atoms with Crippen molar-refractivity contribution in [3.8, 4) is 5.75 Å². The van der Waals surface area contributed by atoms with Gasteiger partial charge in [-0.05, 0) is 49.2 Å². The number of carbonyl (C=O) groups excluding carboxylic acids is 2. The van der Waals surface area contributed by atoms with E-state index >= 15 is 0 Å². The molecular formula is C23H22Cl2N2O5. The van der Waals surface area contributed by atoms with Gasteiger partial charge in [0.05, 0.1) is 23.7 Å². The number of carbonyl (C=O) groups is 2. The van der Waals surface area contributed by atoms with Crippen molar-refractivity contribution in [1.29, 1.82) is 0 Å². The van der Waals surface area contributed by atoms with Crippen LogP contribution in [0.3, 0.4) is 0 Å². The third kappa shape index (κ3) is 5.41. The Kier molecular flexibility index (Phi) is 7.43. The van der Waals surface area contributed by atoms with Crippen LogP contribution in [0.15, 0.2) is 45.6 Å². The predicted octanol–water partition coefficient (Wildman–Crippen LogP) is 4.45. The Labute approximate surface area is 194 Å². The molecule has 1 N–H and O–H groups in total. The first-order valence-electron chi connectivity index (χ1n) is 9.78. The second-order valence-electron chi connectivity index (χ2n) is 7.28. The van der Waals surface area contributed by atoms with Gasteiger partial charge in [-0.25, -0.2) is 4.79 Å². The van der Waals surface area contributed by atoms with Gasteiger partial charge in [-0.1, -0.05) is 23.2 Å². The fraction of sp³-hybridized carbons (Fsp3) is 0.261. The molecule has 2 amide bonds. The van der Waals surface area contributed by atoms with Gasteiger partial charge in [-0.2, -0.15) is 0 Å². The number of hydrogen-bond acceptors (Lipinski definition) is 5. The highest BCUT2D eigenvalue weighted by molar-refractivity contribution is 6.42. The molecule has 0 aliphatic carbocycles. The average molecular weight is 477 g/mol. The zero-order chi connectivity index (χ0) is 23.4. The van der Waals surface area contributed by atoms with Crippen LogP contribution in [0.5, 0.6) is 5.75 Å². The van der Waals surface area contributed by atoms with Gasteiger partial charge in [-0.15, -0.1) is 0 Å². The number of methoxy groups -OCH3 is 1. The number of halogens is 2. The highest BCUT2D eigenvalue weighted by atomic mass is 35.5. The number of nitrogens with one attached hydrogen (secondary N) is 1. The van der Waals surface area contributed by atoms with Crippen LogP contribution in [0, 0.1) is 6.92 Å². The fourth-order valence-corrected chi connectivity index (χ4v) is 3.59. The molecule has 3 aromatic rings. The summed E-state index contributed by atoms with van der Waals surface area (Å²) in [5, 5.41) is 4.14. The van der Waals surface area contributed by atoms with Crippen molar-refractivity contribution in [1.82, 2.24) is 4.90 Å². The zero-order valence-corrected chi connectivity index (χ0v) is 19.3. The van der Waals surface area contributed by atoms with E-state index in [9.17, 15) is 14.4 Å². The summed E-state index contributed by atoms with van der Waals surface area (Å²) >= 11 is 11.8. The first-order chi connectivity index (χ1) is 15.2. The van der Waals surface area contributed by atoms with Gasteiger partial charge in [0, 0.05) is 36.2 Å². The molecule has 32 heavy (non-hydrogen) atoms. The number of nitrogens with zero attached hydrogens (tertiary/aromatic N) is 1. The highest BCUT2D eigenvalue weighted by Crippen LogP contribution is 2.26. The quantitative estimate of drug-likeness (QED) is 0.508. The van der Waals surface area contributed by atoms with E-state index < -0.39 is 5.63 Å². The Bertz CT molecular complexity index is 1240. The topological polar surface area (TPSA) is 88.9 Å². The molecule has 0 saturated carbocycles. The van der Waals surface area contributed by atoms with Crippen LogP contribution in [0.1, 0.15) is 17.5 Å². The van der Waals surface area contributed by atoms with Gasteiger partial charge in [-0.3, -0.25) is 9.59 Å².